The quantitative estimate of drug-likeness (QED) is 0.299. The Hall–Kier alpha value is -3.80. The summed E-state index contributed by atoms with van der Waals surface area (Å²) in [4.78, 5) is 50.5. The fourth-order valence-electron chi connectivity index (χ4n) is 2.72. The van der Waals surface area contributed by atoms with Gasteiger partial charge in [0.1, 0.15) is 12.3 Å². The Balaban J connectivity index is 1.92. The van der Waals surface area contributed by atoms with E-state index in [1.807, 2.05) is 4.72 Å². The second-order valence-corrected chi connectivity index (χ2v) is 9.48. The van der Waals surface area contributed by atoms with E-state index in [-0.39, 0.29) is 41.1 Å². The van der Waals surface area contributed by atoms with Crippen LogP contribution in [0.2, 0.25) is 0 Å². The molecule has 0 spiro atoms. The second kappa shape index (κ2) is 12.6. The standard InChI is InChI=1S/C23H28N4O7S/c1-15(2)21(29)24-11-10-17-4-7-19(8-5-17)35(32,33)27-22(30)18-6-9-20(26-14-18)23(31)25-12-13-34-16(3)28/h4-9,14-15H,10-13H2,1-3H3,(H,24,29)(H,25,31)(H,27,30). The Labute approximate surface area is 203 Å². The van der Waals surface area contributed by atoms with Crippen LogP contribution in [0.5, 0.6) is 0 Å². The number of nitrogens with zero attached hydrogens (tertiary/aromatic N) is 1. The lowest BCUT2D eigenvalue weighted by molar-refractivity contribution is -0.140. The molecule has 0 atom stereocenters. The Kier molecular flexibility index (Phi) is 9.88. The van der Waals surface area contributed by atoms with E-state index in [9.17, 15) is 27.6 Å². The van der Waals surface area contributed by atoms with Crippen molar-refractivity contribution in [3.8, 4) is 0 Å². The van der Waals surface area contributed by atoms with Crippen molar-refractivity contribution in [1.82, 2.24) is 20.3 Å². The minimum absolute atomic E-state index is 0.00686. The minimum atomic E-state index is -4.14. The maximum Gasteiger partial charge on any atom is 0.302 e. The third kappa shape index (κ3) is 8.81. The highest BCUT2D eigenvalue weighted by atomic mass is 32.2. The number of esters is 1. The maximum absolute atomic E-state index is 12.6. The molecule has 0 aliphatic carbocycles. The van der Waals surface area contributed by atoms with E-state index in [1.165, 1.54) is 31.2 Å². The Morgan fingerprint density at radius 3 is 2.20 bits per heavy atom. The molecular weight excluding hydrogens is 476 g/mol. The summed E-state index contributed by atoms with van der Waals surface area (Å²) in [6.45, 7) is 5.36. The van der Waals surface area contributed by atoms with Gasteiger partial charge in [-0.15, -0.1) is 0 Å². The first kappa shape index (κ1) is 27.4. The molecular formula is C23H28N4O7S. The molecule has 3 N–H and O–H groups in total. The van der Waals surface area contributed by atoms with Gasteiger partial charge in [0.2, 0.25) is 5.91 Å². The lowest BCUT2D eigenvalue weighted by Crippen LogP contribution is -2.31. The molecule has 35 heavy (non-hydrogen) atoms. The summed E-state index contributed by atoms with van der Waals surface area (Å²) in [7, 11) is -4.14. The van der Waals surface area contributed by atoms with Crippen LogP contribution in [0.15, 0.2) is 47.5 Å². The van der Waals surface area contributed by atoms with Gasteiger partial charge in [0.25, 0.3) is 21.8 Å². The lowest BCUT2D eigenvalue weighted by Gasteiger charge is -2.10. The normalized spacial score (nSPS) is 11.0. The number of hydrogen-bond donors (Lipinski definition) is 3. The van der Waals surface area contributed by atoms with Gasteiger partial charge in [0, 0.05) is 25.6 Å². The van der Waals surface area contributed by atoms with Gasteiger partial charge in [-0.2, -0.15) is 0 Å². The number of carbonyl (C=O) groups is 4. The summed E-state index contributed by atoms with van der Waals surface area (Å²) in [6, 6.07) is 8.50. The van der Waals surface area contributed by atoms with Gasteiger partial charge in [-0.05, 0) is 36.2 Å². The van der Waals surface area contributed by atoms with Crippen LogP contribution in [0.25, 0.3) is 0 Å². The van der Waals surface area contributed by atoms with Gasteiger partial charge >= 0.3 is 5.97 Å². The van der Waals surface area contributed by atoms with Crippen molar-refractivity contribution >= 4 is 33.7 Å². The van der Waals surface area contributed by atoms with E-state index >= 15 is 0 Å². The fraction of sp³-hybridized carbons (Fsp3) is 0.348. The minimum Gasteiger partial charge on any atom is -0.464 e. The summed E-state index contributed by atoms with van der Waals surface area (Å²) in [6.07, 6.45) is 1.61. The molecule has 1 aromatic carbocycles. The smallest absolute Gasteiger partial charge is 0.302 e. The molecule has 0 radical (unpaired) electrons. The number of ether oxygens (including phenoxy) is 1. The van der Waals surface area contributed by atoms with Crippen LogP contribution in [0.4, 0.5) is 0 Å². The van der Waals surface area contributed by atoms with E-state index in [0.29, 0.717) is 13.0 Å². The van der Waals surface area contributed by atoms with Gasteiger partial charge < -0.3 is 15.4 Å². The van der Waals surface area contributed by atoms with Gasteiger partial charge in [0.15, 0.2) is 0 Å². The first-order valence-electron chi connectivity index (χ1n) is 10.8. The van der Waals surface area contributed by atoms with Crippen LogP contribution >= 0.6 is 0 Å². The highest BCUT2D eigenvalue weighted by Crippen LogP contribution is 2.12. The van der Waals surface area contributed by atoms with E-state index < -0.39 is 27.8 Å². The van der Waals surface area contributed by atoms with Gasteiger partial charge in [-0.25, -0.2) is 13.1 Å². The zero-order valence-corrected chi connectivity index (χ0v) is 20.5. The number of hydrogen-bond acceptors (Lipinski definition) is 8. The average molecular weight is 505 g/mol. The molecule has 188 valence electrons. The van der Waals surface area contributed by atoms with Gasteiger partial charge in [0.05, 0.1) is 17.0 Å². The number of pyridine rings is 1. The SMILES string of the molecule is CC(=O)OCCNC(=O)c1ccc(C(=O)NS(=O)(=O)c2ccc(CCNC(=O)C(C)C)cc2)cn1. The monoisotopic (exact) mass is 504 g/mol. The van der Waals surface area contributed by atoms with Crippen LogP contribution < -0.4 is 15.4 Å². The molecule has 0 aliphatic heterocycles. The van der Waals surface area contributed by atoms with E-state index in [2.05, 4.69) is 15.6 Å². The summed E-state index contributed by atoms with van der Waals surface area (Å²) in [5.41, 5.74) is 0.778. The first-order chi connectivity index (χ1) is 16.5. The first-order valence-corrected chi connectivity index (χ1v) is 12.3. The molecule has 0 bridgehead atoms. The van der Waals surface area contributed by atoms with Gasteiger partial charge in [-0.1, -0.05) is 26.0 Å². The van der Waals surface area contributed by atoms with Crippen molar-refractivity contribution < 1.29 is 32.3 Å². The average Bonchev–Trinajstić information content (AvgIpc) is 2.81. The Bertz CT molecular complexity index is 1160. The van der Waals surface area contributed by atoms with E-state index in [1.54, 1.807) is 26.0 Å². The number of sulfonamides is 1. The summed E-state index contributed by atoms with van der Waals surface area (Å²) >= 11 is 0. The topological polar surface area (TPSA) is 161 Å². The van der Waals surface area contributed by atoms with Crippen molar-refractivity contribution in [2.45, 2.75) is 32.1 Å². The predicted octanol–water partition coefficient (Wildman–Crippen LogP) is 0.808. The maximum atomic E-state index is 12.6. The van der Waals surface area contributed by atoms with E-state index in [0.717, 1.165) is 11.8 Å². The van der Waals surface area contributed by atoms with Crippen molar-refractivity contribution in [1.29, 1.82) is 0 Å². The molecule has 2 aromatic rings. The Morgan fingerprint density at radius 1 is 0.943 bits per heavy atom. The van der Waals surface area contributed by atoms with Crippen LogP contribution in [-0.2, 0) is 30.8 Å². The number of carbonyl (C=O) groups excluding carboxylic acids is 4. The summed E-state index contributed by atoms with van der Waals surface area (Å²) in [5.74, 6) is -2.09. The lowest BCUT2D eigenvalue weighted by atomic mass is 10.1. The van der Waals surface area contributed by atoms with Crippen LogP contribution in [0.3, 0.4) is 0 Å². The van der Waals surface area contributed by atoms with Crippen molar-refractivity contribution in [2.75, 3.05) is 19.7 Å². The molecule has 1 heterocycles. The highest BCUT2D eigenvalue weighted by Gasteiger charge is 2.19. The van der Waals surface area contributed by atoms with Crippen molar-refractivity contribution in [3.63, 3.8) is 0 Å². The van der Waals surface area contributed by atoms with E-state index in [4.69, 9.17) is 4.74 Å². The molecule has 3 amide bonds. The highest BCUT2D eigenvalue weighted by molar-refractivity contribution is 7.90. The van der Waals surface area contributed by atoms with Gasteiger partial charge in [-0.3, -0.25) is 24.2 Å². The number of amides is 3. The van der Waals surface area contributed by atoms with Crippen LogP contribution in [0, 0.1) is 5.92 Å². The molecule has 12 heteroatoms. The molecule has 0 aliphatic rings. The predicted molar refractivity (Wildman–Crippen MR) is 126 cm³/mol. The molecule has 1 aromatic heterocycles. The zero-order chi connectivity index (χ0) is 26.0. The third-order valence-electron chi connectivity index (χ3n) is 4.65. The Morgan fingerprint density at radius 2 is 1.63 bits per heavy atom. The van der Waals surface area contributed by atoms with Crippen LogP contribution in [-0.4, -0.2) is 56.8 Å². The number of benzene rings is 1. The van der Waals surface area contributed by atoms with Crippen LogP contribution in [0.1, 0.15) is 47.2 Å². The summed E-state index contributed by atoms with van der Waals surface area (Å²) in [5, 5.41) is 5.28. The molecule has 11 nitrogen and oxygen atoms in total. The third-order valence-corrected chi connectivity index (χ3v) is 6.00. The fourth-order valence-corrected chi connectivity index (χ4v) is 3.70. The molecule has 2 rings (SSSR count). The number of aromatic nitrogens is 1. The zero-order valence-electron chi connectivity index (χ0n) is 19.7. The van der Waals surface area contributed by atoms with Crippen molar-refractivity contribution in [2.24, 2.45) is 5.92 Å². The van der Waals surface area contributed by atoms with Crippen molar-refractivity contribution in [3.05, 3.63) is 59.4 Å². The molecule has 0 saturated carbocycles. The second-order valence-electron chi connectivity index (χ2n) is 7.80. The number of rotatable bonds is 11. The molecule has 0 fully saturated rings. The largest absolute Gasteiger partial charge is 0.464 e. The summed E-state index contributed by atoms with van der Waals surface area (Å²) < 4.78 is 31.8. The number of nitrogens with one attached hydrogen (secondary N) is 3. The molecule has 0 unspecified atom stereocenters. The molecule has 0 saturated heterocycles.